The molecule has 10 nitrogen and oxygen atoms in total. The largest absolute Gasteiger partial charge is 0.322 e. The quantitative estimate of drug-likeness (QED) is 0.298. The molecular weight excluding hydrogens is 528 g/mol. The number of alkyl halides is 2. The number of nitrogens with one attached hydrogen (secondary N) is 2. The Kier molecular flexibility index (Phi) is 6.74. The van der Waals surface area contributed by atoms with Crippen molar-refractivity contribution in [1.29, 1.82) is 0 Å². The first-order valence-corrected chi connectivity index (χ1v) is 13.1. The van der Waals surface area contributed by atoms with Crippen LogP contribution < -0.4 is 10.0 Å². The molecule has 13 heteroatoms. The molecule has 5 rings (SSSR count). The van der Waals surface area contributed by atoms with Crippen LogP contribution in [0.1, 0.15) is 33.9 Å². The van der Waals surface area contributed by atoms with Gasteiger partial charge in [-0.05, 0) is 50.2 Å². The predicted octanol–water partition coefficient (Wildman–Crippen LogP) is 4.79. The fourth-order valence-electron chi connectivity index (χ4n) is 3.93. The lowest BCUT2D eigenvalue weighted by atomic mass is 10.1. The zero-order valence-electron chi connectivity index (χ0n) is 20.6. The molecule has 0 spiro atoms. The lowest BCUT2D eigenvalue weighted by Gasteiger charge is -2.10. The molecule has 3 heterocycles. The molecule has 0 aliphatic rings. The molecule has 0 atom stereocenters. The van der Waals surface area contributed by atoms with E-state index in [1.165, 1.54) is 30.3 Å². The van der Waals surface area contributed by atoms with Gasteiger partial charge in [0.05, 0.1) is 16.8 Å². The minimum atomic E-state index is -3.99. The molecule has 39 heavy (non-hydrogen) atoms. The first-order valence-electron chi connectivity index (χ1n) is 11.6. The van der Waals surface area contributed by atoms with E-state index >= 15 is 0 Å². The first-order chi connectivity index (χ1) is 18.6. The lowest BCUT2D eigenvalue weighted by molar-refractivity contribution is 0.102. The Bertz CT molecular complexity index is 1770. The molecule has 0 saturated heterocycles. The lowest BCUT2D eigenvalue weighted by Crippen LogP contribution is -2.16. The number of nitrogens with zero attached hydrogens (tertiary/aromatic N) is 5. The zero-order chi connectivity index (χ0) is 27.7. The fraction of sp³-hybridized carbons (Fsp3) is 0.115. The SMILES string of the molecule is Cc1cc(C)nc(NS(=O)(=O)c2ccc(NC(=O)c3cnn4c(C(F)F)cc(-c5ccccc5)nc34)cc2)n1. The fourth-order valence-corrected chi connectivity index (χ4v) is 4.87. The summed E-state index contributed by atoms with van der Waals surface area (Å²) < 4.78 is 56.4. The molecule has 198 valence electrons. The second-order valence-corrected chi connectivity index (χ2v) is 10.3. The molecule has 2 N–H and O–H groups in total. The van der Waals surface area contributed by atoms with Gasteiger partial charge in [-0.15, -0.1) is 0 Å². The van der Waals surface area contributed by atoms with Crippen molar-refractivity contribution in [2.45, 2.75) is 25.2 Å². The molecule has 0 fully saturated rings. The number of fused-ring (bicyclic) bond motifs is 1. The second kappa shape index (κ2) is 10.2. The Labute approximate surface area is 221 Å². The summed E-state index contributed by atoms with van der Waals surface area (Å²) in [5.41, 5.74) is 1.88. The van der Waals surface area contributed by atoms with Crippen molar-refractivity contribution in [2.75, 3.05) is 10.0 Å². The highest BCUT2D eigenvalue weighted by Crippen LogP contribution is 2.27. The summed E-state index contributed by atoms with van der Waals surface area (Å²) in [4.78, 5) is 25.6. The predicted molar refractivity (Wildman–Crippen MR) is 140 cm³/mol. The number of carbonyl (C=O) groups is 1. The summed E-state index contributed by atoms with van der Waals surface area (Å²) >= 11 is 0. The van der Waals surface area contributed by atoms with Gasteiger partial charge in [-0.1, -0.05) is 30.3 Å². The van der Waals surface area contributed by atoms with Crippen LogP contribution in [0.4, 0.5) is 20.4 Å². The topological polar surface area (TPSA) is 131 Å². The van der Waals surface area contributed by atoms with Crippen LogP contribution in [0, 0.1) is 13.8 Å². The molecule has 5 aromatic rings. The zero-order valence-corrected chi connectivity index (χ0v) is 21.4. The van der Waals surface area contributed by atoms with Crippen molar-refractivity contribution in [2.24, 2.45) is 0 Å². The standard InChI is InChI=1S/C26H21F2N7O3S/c1-15-12-16(2)31-26(30-15)34-39(37,38)19-10-8-18(9-11-19)32-25(36)20-14-29-35-22(23(27)28)13-21(33-24(20)35)17-6-4-3-5-7-17/h3-14,23H,1-2H3,(H,32,36)(H,30,31,34). The van der Waals surface area contributed by atoms with Crippen molar-refractivity contribution >= 4 is 33.2 Å². The monoisotopic (exact) mass is 549 g/mol. The van der Waals surface area contributed by atoms with Gasteiger partial charge in [-0.3, -0.25) is 4.79 Å². The molecule has 0 saturated carbocycles. The van der Waals surface area contributed by atoms with Gasteiger partial charge in [-0.25, -0.2) is 41.4 Å². The molecule has 1 amide bonds. The maximum absolute atomic E-state index is 13.8. The van der Waals surface area contributed by atoms with E-state index in [1.807, 2.05) is 0 Å². The highest BCUT2D eigenvalue weighted by molar-refractivity contribution is 7.92. The number of rotatable bonds is 7. The number of hydrogen-bond acceptors (Lipinski definition) is 7. The number of halogens is 2. The van der Waals surface area contributed by atoms with E-state index in [0.717, 1.165) is 10.7 Å². The highest BCUT2D eigenvalue weighted by Gasteiger charge is 2.22. The van der Waals surface area contributed by atoms with Gasteiger partial charge in [0.15, 0.2) is 5.65 Å². The number of carbonyl (C=O) groups excluding carboxylic acids is 1. The van der Waals surface area contributed by atoms with Crippen molar-refractivity contribution in [3.63, 3.8) is 0 Å². The molecule has 0 unspecified atom stereocenters. The summed E-state index contributed by atoms with van der Waals surface area (Å²) in [5.74, 6) is -0.705. The van der Waals surface area contributed by atoms with Gasteiger partial charge in [0.1, 0.15) is 11.3 Å². The Balaban J connectivity index is 1.40. The van der Waals surface area contributed by atoms with Crippen LogP contribution in [0.5, 0.6) is 0 Å². The second-order valence-electron chi connectivity index (χ2n) is 8.58. The maximum atomic E-state index is 13.8. The van der Waals surface area contributed by atoms with Crippen LogP contribution >= 0.6 is 0 Å². The van der Waals surface area contributed by atoms with Crippen LogP contribution in [-0.2, 0) is 10.0 Å². The molecule has 0 radical (unpaired) electrons. The Hall–Kier alpha value is -4.78. The van der Waals surface area contributed by atoms with E-state index in [2.05, 4.69) is 30.1 Å². The third-order valence-electron chi connectivity index (χ3n) is 5.67. The highest BCUT2D eigenvalue weighted by atomic mass is 32.2. The van der Waals surface area contributed by atoms with E-state index in [-0.39, 0.29) is 33.4 Å². The third-order valence-corrected chi connectivity index (χ3v) is 7.01. The van der Waals surface area contributed by atoms with E-state index in [1.54, 1.807) is 50.2 Å². The van der Waals surface area contributed by atoms with Crippen LogP contribution in [0.3, 0.4) is 0 Å². The van der Waals surface area contributed by atoms with Crippen molar-refractivity contribution < 1.29 is 22.0 Å². The number of benzene rings is 2. The molecule has 3 aromatic heterocycles. The number of hydrogen-bond donors (Lipinski definition) is 2. The Morgan fingerprint density at radius 3 is 2.23 bits per heavy atom. The Morgan fingerprint density at radius 1 is 0.923 bits per heavy atom. The van der Waals surface area contributed by atoms with Crippen LogP contribution in [0.15, 0.2) is 77.8 Å². The summed E-state index contributed by atoms with van der Waals surface area (Å²) in [6, 6.07) is 17.1. The minimum Gasteiger partial charge on any atom is -0.322 e. The first kappa shape index (κ1) is 25.9. The van der Waals surface area contributed by atoms with Gasteiger partial charge in [0.25, 0.3) is 22.4 Å². The maximum Gasteiger partial charge on any atom is 0.280 e. The van der Waals surface area contributed by atoms with Gasteiger partial charge in [0.2, 0.25) is 5.95 Å². The molecular formula is C26H21F2N7O3S. The van der Waals surface area contributed by atoms with Crippen LogP contribution in [0.25, 0.3) is 16.9 Å². The Morgan fingerprint density at radius 2 is 1.59 bits per heavy atom. The summed E-state index contributed by atoms with van der Waals surface area (Å²) in [5, 5.41) is 6.58. The summed E-state index contributed by atoms with van der Waals surface area (Å²) in [6.45, 7) is 3.44. The van der Waals surface area contributed by atoms with Crippen molar-refractivity contribution in [3.05, 3.63) is 95.6 Å². The summed E-state index contributed by atoms with van der Waals surface area (Å²) in [7, 11) is -3.99. The average molecular weight is 550 g/mol. The van der Waals surface area contributed by atoms with E-state index in [9.17, 15) is 22.0 Å². The molecule has 0 aliphatic heterocycles. The molecule has 0 aliphatic carbocycles. The number of amides is 1. The molecule has 0 bridgehead atoms. The number of aryl methyl sites for hydroxylation is 2. The normalized spacial score (nSPS) is 11.6. The van der Waals surface area contributed by atoms with Gasteiger partial charge in [-0.2, -0.15) is 5.10 Å². The van der Waals surface area contributed by atoms with Crippen molar-refractivity contribution in [3.8, 4) is 11.3 Å². The average Bonchev–Trinajstić information content (AvgIpc) is 3.32. The third kappa shape index (κ3) is 5.43. The van der Waals surface area contributed by atoms with Crippen LogP contribution in [-0.4, -0.2) is 38.9 Å². The molecule has 2 aromatic carbocycles. The van der Waals surface area contributed by atoms with Crippen LogP contribution in [0.2, 0.25) is 0 Å². The minimum absolute atomic E-state index is 0.0278. The van der Waals surface area contributed by atoms with E-state index in [4.69, 9.17) is 0 Å². The van der Waals surface area contributed by atoms with E-state index in [0.29, 0.717) is 17.0 Å². The summed E-state index contributed by atoms with van der Waals surface area (Å²) in [6.07, 6.45) is -1.70. The smallest absolute Gasteiger partial charge is 0.280 e. The van der Waals surface area contributed by atoms with E-state index < -0.39 is 28.0 Å². The number of anilines is 2. The number of aromatic nitrogens is 5. The van der Waals surface area contributed by atoms with Gasteiger partial charge >= 0.3 is 0 Å². The van der Waals surface area contributed by atoms with Gasteiger partial charge < -0.3 is 5.32 Å². The van der Waals surface area contributed by atoms with Gasteiger partial charge in [0, 0.05) is 22.6 Å². The number of sulfonamides is 1. The van der Waals surface area contributed by atoms with Crippen molar-refractivity contribution in [1.82, 2.24) is 24.6 Å².